The highest BCUT2D eigenvalue weighted by atomic mass is 14.5. The minimum absolute atomic E-state index is 0.845. The van der Waals surface area contributed by atoms with Crippen molar-refractivity contribution in [2.75, 3.05) is 5.73 Å². The summed E-state index contributed by atoms with van der Waals surface area (Å²) >= 11 is 0. The lowest BCUT2D eigenvalue weighted by Crippen LogP contribution is -1.95. The predicted molar refractivity (Wildman–Crippen MR) is 54.2 cm³/mol. The van der Waals surface area contributed by atoms with Gasteiger partial charge >= 0.3 is 0 Å². The van der Waals surface area contributed by atoms with Gasteiger partial charge in [0.2, 0.25) is 0 Å². The molecule has 0 radical (unpaired) electrons. The Hall–Kier alpha value is -1.24. The fraction of sp³-hybridized carbons (Fsp3) is 0.273. The number of anilines is 1. The first-order valence-corrected chi connectivity index (χ1v) is 4.11. The largest absolute Gasteiger partial charge is 0.399 e. The summed E-state index contributed by atoms with van der Waals surface area (Å²) in [5.74, 6) is 0. The average molecular weight is 161 g/mol. The number of nitrogen functional groups attached to an aromatic ring is 1. The van der Waals surface area contributed by atoms with Crippen LogP contribution in [0.4, 0.5) is 5.69 Å². The first-order valence-electron chi connectivity index (χ1n) is 4.11. The van der Waals surface area contributed by atoms with E-state index in [1.54, 1.807) is 0 Å². The van der Waals surface area contributed by atoms with Crippen LogP contribution in [0, 0.1) is 13.8 Å². The van der Waals surface area contributed by atoms with Gasteiger partial charge in [-0.2, -0.15) is 0 Å². The normalized spacial score (nSPS) is 9.83. The standard InChI is InChI=1S/C11H15N/c1-4-5-11-8(2)6-10(12)7-9(11)3/h4,6-7H,1,5,12H2,2-3H3. The first kappa shape index (κ1) is 8.85. The summed E-state index contributed by atoms with van der Waals surface area (Å²) < 4.78 is 0. The minimum atomic E-state index is 0.845. The molecule has 0 unspecified atom stereocenters. The van der Waals surface area contributed by atoms with Crippen molar-refractivity contribution >= 4 is 5.69 Å². The molecule has 0 amide bonds. The molecule has 1 aromatic rings. The van der Waals surface area contributed by atoms with E-state index in [0.717, 1.165) is 12.1 Å². The van der Waals surface area contributed by atoms with Crippen molar-refractivity contribution in [2.24, 2.45) is 0 Å². The lowest BCUT2D eigenvalue weighted by Gasteiger charge is -2.08. The van der Waals surface area contributed by atoms with E-state index in [1.165, 1.54) is 16.7 Å². The maximum absolute atomic E-state index is 5.70. The van der Waals surface area contributed by atoms with Crippen molar-refractivity contribution in [3.8, 4) is 0 Å². The Kier molecular flexibility index (Phi) is 2.54. The zero-order valence-corrected chi connectivity index (χ0v) is 7.72. The Bertz CT molecular complexity index is 277. The molecule has 0 aliphatic rings. The van der Waals surface area contributed by atoms with Gasteiger partial charge in [0.1, 0.15) is 0 Å². The highest BCUT2D eigenvalue weighted by Gasteiger charge is 2.00. The van der Waals surface area contributed by atoms with E-state index < -0.39 is 0 Å². The van der Waals surface area contributed by atoms with Gasteiger partial charge < -0.3 is 5.73 Å². The minimum Gasteiger partial charge on any atom is -0.399 e. The van der Waals surface area contributed by atoms with Gasteiger partial charge in [-0.05, 0) is 49.1 Å². The number of aryl methyl sites for hydroxylation is 2. The van der Waals surface area contributed by atoms with Crippen molar-refractivity contribution in [1.82, 2.24) is 0 Å². The summed E-state index contributed by atoms with van der Waals surface area (Å²) in [6.07, 6.45) is 2.85. The number of benzene rings is 1. The maximum Gasteiger partial charge on any atom is 0.0319 e. The lowest BCUT2D eigenvalue weighted by atomic mass is 9.99. The Labute approximate surface area is 73.9 Å². The molecule has 64 valence electrons. The van der Waals surface area contributed by atoms with Crippen molar-refractivity contribution in [3.05, 3.63) is 41.5 Å². The van der Waals surface area contributed by atoms with E-state index in [4.69, 9.17) is 5.73 Å². The smallest absolute Gasteiger partial charge is 0.0319 e. The van der Waals surface area contributed by atoms with E-state index in [2.05, 4.69) is 20.4 Å². The predicted octanol–water partition coefficient (Wildman–Crippen LogP) is 2.61. The third-order valence-corrected chi connectivity index (χ3v) is 2.07. The molecule has 0 spiro atoms. The molecule has 1 nitrogen and oxygen atoms in total. The Morgan fingerprint density at radius 1 is 1.33 bits per heavy atom. The van der Waals surface area contributed by atoms with Crippen LogP contribution >= 0.6 is 0 Å². The van der Waals surface area contributed by atoms with E-state index in [0.29, 0.717) is 0 Å². The summed E-state index contributed by atoms with van der Waals surface area (Å²) in [5, 5.41) is 0. The molecule has 0 fully saturated rings. The van der Waals surface area contributed by atoms with Crippen LogP contribution in [-0.4, -0.2) is 0 Å². The first-order chi connectivity index (χ1) is 5.65. The summed E-state index contributed by atoms with van der Waals surface area (Å²) in [7, 11) is 0. The van der Waals surface area contributed by atoms with Crippen LogP contribution in [0.15, 0.2) is 24.8 Å². The third-order valence-electron chi connectivity index (χ3n) is 2.07. The molecule has 1 heteroatoms. The maximum atomic E-state index is 5.70. The molecule has 0 saturated carbocycles. The molecule has 2 N–H and O–H groups in total. The molecular formula is C11H15N. The van der Waals surface area contributed by atoms with Gasteiger partial charge in [0, 0.05) is 5.69 Å². The SMILES string of the molecule is C=CCc1c(C)cc(N)cc1C. The molecule has 12 heavy (non-hydrogen) atoms. The second-order valence-corrected chi connectivity index (χ2v) is 3.13. The van der Waals surface area contributed by atoms with Gasteiger partial charge in [-0.3, -0.25) is 0 Å². The van der Waals surface area contributed by atoms with E-state index >= 15 is 0 Å². The summed E-state index contributed by atoms with van der Waals surface area (Å²) in [5.41, 5.74) is 10.4. The molecule has 0 heterocycles. The molecule has 1 rings (SSSR count). The number of hydrogen-bond donors (Lipinski definition) is 1. The fourth-order valence-corrected chi connectivity index (χ4v) is 1.49. The van der Waals surface area contributed by atoms with Crippen LogP contribution in [0.3, 0.4) is 0 Å². The third kappa shape index (κ3) is 1.67. The molecule has 0 aliphatic carbocycles. The highest BCUT2D eigenvalue weighted by molar-refractivity contribution is 5.49. The highest BCUT2D eigenvalue weighted by Crippen LogP contribution is 2.18. The topological polar surface area (TPSA) is 26.0 Å². The van der Waals surface area contributed by atoms with Crippen LogP contribution < -0.4 is 5.73 Å². The fourth-order valence-electron chi connectivity index (χ4n) is 1.49. The molecule has 0 aromatic heterocycles. The van der Waals surface area contributed by atoms with Crippen molar-refractivity contribution < 1.29 is 0 Å². The average Bonchev–Trinajstić information content (AvgIpc) is 1.96. The number of rotatable bonds is 2. The molecule has 0 bridgehead atoms. The zero-order valence-electron chi connectivity index (χ0n) is 7.72. The van der Waals surface area contributed by atoms with Crippen LogP contribution in [0.5, 0.6) is 0 Å². The summed E-state index contributed by atoms with van der Waals surface area (Å²) in [6, 6.07) is 4.01. The molecule has 1 aromatic carbocycles. The second kappa shape index (κ2) is 3.44. The van der Waals surface area contributed by atoms with Crippen LogP contribution in [0.2, 0.25) is 0 Å². The number of nitrogens with two attached hydrogens (primary N) is 1. The number of hydrogen-bond acceptors (Lipinski definition) is 1. The Balaban J connectivity index is 3.18. The Morgan fingerprint density at radius 3 is 2.25 bits per heavy atom. The van der Waals surface area contributed by atoms with E-state index in [9.17, 15) is 0 Å². The van der Waals surface area contributed by atoms with Gasteiger partial charge in [0.05, 0.1) is 0 Å². The van der Waals surface area contributed by atoms with Gasteiger partial charge in [0.15, 0.2) is 0 Å². The van der Waals surface area contributed by atoms with E-state index in [1.807, 2.05) is 18.2 Å². The van der Waals surface area contributed by atoms with Crippen molar-refractivity contribution in [3.63, 3.8) is 0 Å². The van der Waals surface area contributed by atoms with Crippen molar-refractivity contribution in [1.29, 1.82) is 0 Å². The van der Waals surface area contributed by atoms with Gasteiger partial charge in [0.25, 0.3) is 0 Å². The molecule has 0 aliphatic heterocycles. The second-order valence-electron chi connectivity index (χ2n) is 3.13. The summed E-state index contributed by atoms with van der Waals surface area (Å²) in [4.78, 5) is 0. The summed E-state index contributed by atoms with van der Waals surface area (Å²) in [6.45, 7) is 7.90. The van der Waals surface area contributed by atoms with Crippen LogP contribution in [0.1, 0.15) is 16.7 Å². The zero-order chi connectivity index (χ0) is 9.14. The van der Waals surface area contributed by atoms with Crippen LogP contribution in [0.25, 0.3) is 0 Å². The number of allylic oxidation sites excluding steroid dienone is 1. The van der Waals surface area contributed by atoms with Gasteiger partial charge in [-0.25, -0.2) is 0 Å². The quantitative estimate of drug-likeness (QED) is 0.523. The lowest BCUT2D eigenvalue weighted by molar-refractivity contribution is 1.17. The van der Waals surface area contributed by atoms with Crippen molar-refractivity contribution in [2.45, 2.75) is 20.3 Å². The molecule has 0 saturated heterocycles. The molecule has 0 atom stereocenters. The van der Waals surface area contributed by atoms with Gasteiger partial charge in [-0.15, -0.1) is 6.58 Å². The Morgan fingerprint density at radius 2 is 1.83 bits per heavy atom. The van der Waals surface area contributed by atoms with E-state index in [-0.39, 0.29) is 0 Å². The molecular weight excluding hydrogens is 146 g/mol. The monoisotopic (exact) mass is 161 g/mol. The van der Waals surface area contributed by atoms with Crippen LogP contribution in [-0.2, 0) is 6.42 Å². The van der Waals surface area contributed by atoms with Gasteiger partial charge in [-0.1, -0.05) is 6.08 Å².